The number of ether oxygens (including phenoxy) is 4. The smallest absolute Gasteiger partial charge is 0.220 e. The lowest BCUT2D eigenvalue weighted by Crippen LogP contribution is -2.65. The summed E-state index contributed by atoms with van der Waals surface area (Å²) in [5, 5.41) is 87.9. The van der Waals surface area contributed by atoms with E-state index in [0.29, 0.717) is 12.8 Å². The molecule has 2 fully saturated rings. The molecule has 0 aromatic rings. The number of amides is 1. The minimum Gasteiger partial charge on any atom is -0.394 e. The van der Waals surface area contributed by atoms with Crippen molar-refractivity contribution in [3.8, 4) is 0 Å². The fraction of sp³-hybridized carbons (Fsp3) is 0.987. The van der Waals surface area contributed by atoms with E-state index in [1.54, 1.807) is 0 Å². The zero-order valence-electron chi connectivity index (χ0n) is 60.8. The maximum absolute atomic E-state index is 13.4. The van der Waals surface area contributed by atoms with Gasteiger partial charge in [0.2, 0.25) is 5.91 Å². The first-order valence-corrected chi connectivity index (χ1v) is 40.8. The summed E-state index contributed by atoms with van der Waals surface area (Å²) in [4.78, 5) is 13.4. The Labute approximate surface area is 572 Å². The largest absolute Gasteiger partial charge is 0.394 e. The van der Waals surface area contributed by atoms with Crippen LogP contribution in [-0.2, 0) is 23.7 Å². The Morgan fingerprint density at radius 1 is 0.344 bits per heavy atom. The quantitative estimate of drug-likeness (QED) is 0.0259. The second kappa shape index (κ2) is 64.4. The highest BCUT2D eigenvalue weighted by molar-refractivity contribution is 5.76. The van der Waals surface area contributed by atoms with Crippen LogP contribution < -0.4 is 5.32 Å². The summed E-state index contributed by atoms with van der Waals surface area (Å²) >= 11 is 0. The van der Waals surface area contributed by atoms with Crippen LogP contribution in [0.3, 0.4) is 0 Å². The number of carbonyl (C=O) groups excluding carboxylic acids is 1. The zero-order valence-corrected chi connectivity index (χ0v) is 60.8. The van der Waals surface area contributed by atoms with Crippen LogP contribution in [0.2, 0.25) is 0 Å². The van der Waals surface area contributed by atoms with Gasteiger partial charge in [0.1, 0.15) is 48.8 Å². The number of rotatable bonds is 70. The first-order chi connectivity index (χ1) is 45.6. The molecule has 0 radical (unpaired) electrons. The minimum atomic E-state index is -1.78. The third-order valence-electron chi connectivity index (χ3n) is 20.6. The molecule has 2 aliphatic heterocycles. The van der Waals surface area contributed by atoms with Crippen molar-refractivity contribution in [1.82, 2.24) is 5.32 Å². The highest BCUT2D eigenvalue weighted by atomic mass is 16.7. The van der Waals surface area contributed by atoms with Crippen molar-refractivity contribution in [2.24, 2.45) is 0 Å². The van der Waals surface area contributed by atoms with E-state index in [2.05, 4.69) is 19.2 Å². The van der Waals surface area contributed by atoms with Crippen LogP contribution in [0.1, 0.15) is 406 Å². The van der Waals surface area contributed by atoms with E-state index in [1.165, 1.54) is 327 Å². The summed E-state index contributed by atoms with van der Waals surface area (Å²) < 4.78 is 23.0. The van der Waals surface area contributed by atoms with Crippen LogP contribution in [-0.4, -0.2) is 140 Å². The lowest BCUT2D eigenvalue weighted by atomic mass is 9.97. The van der Waals surface area contributed by atoms with Crippen molar-refractivity contribution in [3.63, 3.8) is 0 Å². The molecule has 2 aliphatic rings. The van der Waals surface area contributed by atoms with Gasteiger partial charge in [-0.2, -0.15) is 0 Å². The van der Waals surface area contributed by atoms with Crippen molar-refractivity contribution in [3.05, 3.63) is 0 Å². The summed E-state index contributed by atoms with van der Waals surface area (Å²) in [5.41, 5.74) is 0. The van der Waals surface area contributed by atoms with Crippen LogP contribution in [0.4, 0.5) is 0 Å². The molecule has 0 aromatic heterocycles. The fourth-order valence-corrected chi connectivity index (χ4v) is 14.1. The molecule has 1 amide bonds. The molecule has 9 N–H and O–H groups in total. The molecule has 0 aromatic carbocycles. The van der Waals surface area contributed by atoms with Gasteiger partial charge in [-0.25, -0.2) is 0 Å². The fourth-order valence-electron chi connectivity index (χ4n) is 14.1. The third-order valence-corrected chi connectivity index (χ3v) is 20.6. The van der Waals surface area contributed by atoms with E-state index >= 15 is 0 Å². The van der Waals surface area contributed by atoms with Gasteiger partial charge in [0.05, 0.1) is 32.0 Å². The molecule has 0 spiro atoms. The predicted molar refractivity (Wildman–Crippen MR) is 383 cm³/mol. The van der Waals surface area contributed by atoms with Gasteiger partial charge < -0.3 is 65.1 Å². The first-order valence-electron chi connectivity index (χ1n) is 40.8. The Kier molecular flexibility index (Phi) is 61.0. The Balaban J connectivity index is 1.59. The number of hydrogen-bond donors (Lipinski definition) is 9. The number of nitrogens with one attached hydrogen (secondary N) is 1. The molecular weight excluding hydrogens is 1170 g/mol. The Bertz CT molecular complexity index is 1560. The molecule has 12 atom stereocenters. The normalized spacial score (nSPS) is 22.4. The van der Waals surface area contributed by atoms with E-state index in [1.807, 2.05) is 0 Å². The number of aliphatic hydroxyl groups excluding tert-OH is 8. The van der Waals surface area contributed by atoms with Crippen molar-refractivity contribution in [1.29, 1.82) is 0 Å². The van der Waals surface area contributed by atoms with E-state index in [4.69, 9.17) is 18.9 Å². The third kappa shape index (κ3) is 47.6. The molecule has 14 heteroatoms. The molecule has 14 nitrogen and oxygen atoms in total. The summed E-state index contributed by atoms with van der Waals surface area (Å²) in [6.45, 7) is 2.95. The summed E-state index contributed by atoms with van der Waals surface area (Å²) in [7, 11) is 0. The molecule has 12 unspecified atom stereocenters. The second-order valence-corrected chi connectivity index (χ2v) is 29.3. The van der Waals surface area contributed by atoms with E-state index in [0.717, 1.165) is 51.4 Å². The molecule has 554 valence electrons. The highest BCUT2D eigenvalue weighted by Crippen LogP contribution is 2.31. The number of unbranched alkanes of at least 4 members (excludes halogenated alkanes) is 57. The molecule has 0 aliphatic carbocycles. The highest BCUT2D eigenvalue weighted by Gasteiger charge is 2.51. The molecule has 2 heterocycles. The van der Waals surface area contributed by atoms with E-state index < -0.39 is 86.8 Å². The Morgan fingerprint density at radius 2 is 0.613 bits per heavy atom. The summed E-state index contributed by atoms with van der Waals surface area (Å²) in [5.74, 6) is -0.195. The van der Waals surface area contributed by atoms with Gasteiger partial charge in [-0.3, -0.25) is 4.79 Å². The van der Waals surface area contributed by atoms with Gasteiger partial charge in [-0.15, -0.1) is 0 Å². The van der Waals surface area contributed by atoms with Gasteiger partial charge >= 0.3 is 0 Å². The average Bonchev–Trinajstić information content (AvgIpc) is 0.851. The maximum atomic E-state index is 13.4. The number of aliphatic hydroxyl groups is 8. The lowest BCUT2D eigenvalue weighted by Gasteiger charge is -2.46. The van der Waals surface area contributed by atoms with Crippen molar-refractivity contribution in [2.45, 2.75) is 479 Å². The SMILES string of the molecule is CCCCCCCCCCCCCCCCCCCCCCCCCCCCCCCCCC(=O)NC(COC1OC(CO)C(OC2OC(CO)C(O)C(O)C2O)C(O)C1O)C(O)CCCCCCCCCCCCCCCCCCCCCCCCCCCCCC. The van der Waals surface area contributed by atoms with E-state index in [-0.39, 0.29) is 12.5 Å². The Morgan fingerprint density at radius 3 is 0.914 bits per heavy atom. The topological polar surface area (TPSA) is 228 Å². The average molecular weight is 1330 g/mol. The van der Waals surface area contributed by atoms with Crippen molar-refractivity contribution >= 4 is 5.91 Å². The molecule has 2 saturated heterocycles. The Hall–Kier alpha value is -1.01. The van der Waals surface area contributed by atoms with Gasteiger partial charge in [0.15, 0.2) is 12.6 Å². The van der Waals surface area contributed by atoms with Gasteiger partial charge in [0, 0.05) is 6.42 Å². The van der Waals surface area contributed by atoms with Crippen LogP contribution in [0.25, 0.3) is 0 Å². The zero-order chi connectivity index (χ0) is 67.3. The number of carbonyl (C=O) groups is 1. The van der Waals surface area contributed by atoms with Crippen LogP contribution in [0.5, 0.6) is 0 Å². The molecule has 2 rings (SSSR count). The first kappa shape index (κ1) is 88.1. The molecular formula is C79H155NO13. The van der Waals surface area contributed by atoms with Crippen LogP contribution in [0, 0.1) is 0 Å². The van der Waals surface area contributed by atoms with Crippen LogP contribution in [0.15, 0.2) is 0 Å². The van der Waals surface area contributed by atoms with Crippen molar-refractivity contribution < 1.29 is 64.6 Å². The number of hydrogen-bond acceptors (Lipinski definition) is 13. The molecule has 0 saturated carbocycles. The predicted octanol–water partition coefficient (Wildman–Crippen LogP) is 18.3. The van der Waals surface area contributed by atoms with Gasteiger partial charge in [0.25, 0.3) is 0 Å². The summed E-state index contributed by atoms with van der Waals surface area (Å²) in [6, 6.07) is -0.826. The minimum absolute atomic E-state index is 0.195. The van der Waals surface area contributed by atoms with Gasteiger partial charge in [-0.1, -0.05) is 386 Å². The second-order valence-electron chi connectivity index (χ2n) is 29.3. The van der Waals surface area contributed by atoms with E-state index in [9.17, 15) is 45.6 Å². The molecule has 93 heavy (non-hydrogen) atoms. The monoisotopic (exact) mass is 1330 g/mol. The summed E-state index contributed by atoms with van der Waals surface area (Å²) in [6.07, 6.45) is 63.0. The van der Waals surface area contributed by atoms with Crippen molar-refractivity contribution in [2.75, 3.05) is 19.8 Å². The molecule has 0 bridgehead atoms. The maximum Gasteiger partial charge on any atom is 0.220 e. The lowest BCUT2D eigenvalue weighted by molar-refractivity contribution is -0.359. The van der Waals surface area contributed by atoms with Crippen LogP contribution >= 0.6 is 0 Å². The van der Waals surface area contributed by atoms with Gasteiger partial charge in [-0.05, 0) is 12.8 Å². The standard InChI is InChI=1S/C79H155NO13/c1-3-5-7-9-11-13-15-17-19-21-23-25-27-29-31-33-34-35-37-39-41-43-45-47-49-51-53-55-57-59-61-63-71(84)80-67(66-90-78-76(89)74(87)77(70(65-82)92-78)93-79-75(88)73(86)72(85)69(64-81)91-79)68(83)62-60-58-56-54-52-50-48-46-44-42-40-38-36-32-30-28-26-24-22-20-18-16-14-12-10-8-6-4-2/h67-70,72-79,81-83,85-89H,3-66H2,1-2H3,(H,80,84).